The molecule has 3 nitrogen and oxygen atoms in total. The number of rotatable bonds is 0. The molecule has 0 spiro atoms. The zero-order valence-electron chi connectivity index (χ0n) is 5.26. The quantitative estimate of drug-likeness (QED) is 0.432. The molecule has 3 N–H and O–H groups in total. The Morgan fingerprint density at radius 2 is 1.88 bits per heavy atom. The lowest BCUT2D eigenvalue weighted by atomic mass is 10.5. The van der Waals surface area contributed by atoms with Crippen LogP contribution in [0.15, 0.2) is 0 Å². The van der Waals surface area contributed by atoms with E-state index in [9.17, 15) is 0 Å². The molecule has 0 aliphatic heterocycles. The Labute approximate surface area is 49.7 Å². The summed E-state index contributed by atoms with van der Waals surface area (Å²) in [4.78, 5) is 0. The average Bonchev–Trinajstić information content (AvgIpc) is 1.65. The molecule has 0 aromatic rings. The van der Waals surface area contributed by atoms with E-state index in [1.54, 1.807) is 19.9 Å². The third kappa shape index (κ3) is 626. The molecule has 0 fully saturated rings. The predicted octanol–water partition coefficient (Wildman–Crippen LogP) is -0.144. The summed E-state index contributed by atoms with van der Waals surface area (Å²) >= 11 is 0. The Kier molecular flexibility index (Phi) is 12.5. The average molecular weight is 116 g/mol. The Morgan fingerprint density at radius 1 is 1.75 bits per heavy atom. The summed E-state index contributed by atoms with van der Waals surface area (Å²) in [6.45, 7) is 3.57. The lowest BCUT2D eigenvalue weighted by molar-refractivity contribution is 0.216. The highest BCUT2D eigenvalue weighted by Crippen LogP contribution is 1.65. The molecule has 0 rings (SSSR count). The fourth-order valence-electron chi connectivity index (χ4n) is 0. The molecular formula is C5H12N2O. The van der Waals surface area contributed by atoms with Crippen LogP contribution in [0.3, 0.4) is 0 Å². The topological polar surface area (TPSA) is 70.0 Å². The van der Waals surface area contributed by atoms with Crippen molar-refractivity contribution in [1.82, 2.24) is 0 Å². The number of hydrogen-bond donors (Lipinski definition) is 2. The van der Waals surface area contributed by atoms with Crippen molar-refractivity contribution >= 4 is 0 Å². The Hall–Kier alpha value is -0.590. The minimum Gasteiger partial charge on any atom is -0.394 e. The van der Waals surface area contributed by atoms with Crippen molar-refractivity contribution in [2.75, 3.05) is 6.54 Å². The van der Waals surface area contributed by atoms with Crippen molar-refractivity contribution in [3.8, 4) is 6.07 Å². The maximum Gasteiger partial charge on any atom is 0.0815 e. The summed E-state index contributed by atoms with van der Waals surface area (Å²) in [7, 11) is 0. The van der Waals surface area contributed by atoms with Crippen molar-refractivity contribution in [2.45, 2.75) is 20.0 Å². The van der Waals surface area contributed by atoms with Crippen LogP contribution in [-0.2, 0) is 0 Å². The number of aliphatic hydroxyl groups excluding tert-OH is 1. The Bertz CT molecular complexity index is 62.6. The molecule has 0 aromatic heterocycles. The molecule has 0 bridgehead atoms. The van der Waals surface area contributed by atoms with Crippen LogP contribution in [0.4, 0.5) is 0 Å². The van der Waals surface area contributed by atoms with Gasteiger partial charge in [0.15, 0.2) is 0 Å². The molecule has 0 radical (unpaired) electrons. The largest absolute Gasteiger partial charge is 0.394 e. The van der Waals surface area contributed by atoms with Gasteiger partial charge in [-0.3, -0.25) is 0 Å². The maximum atomic E-state index is 8.06. The highest BCUT2D eigenvalue weighted by atomic mass is 16.3. The van der Waals surface area contributed by atoms with Crippen molar-refractivity contribution in [3.63, 3.8) is 0 Å². The number of nitrogens with two attached hydrogens (primary N) is 1. The molecule has 0 aromatic carbocycles. The molecule has 48 valence electrons. The second-order valence-electron chi connectivity index (χ2n) is 1.46. The summed E-state index contributed by atoms with van der Waals surface area (Å²) in [6, 6.07) is 1.71. The first-order chi connectivity index (χ1) is 3.65. The molecule has 0 atom stereocenters. The highest BCUT2D eigenvalue weighted by molar-refractivity contribution is 4.67. The van der Waals surface area contributed by atoms with Gasteiger partial charge in [0.05, 0.1) is 12.6 Å². The van der Waals surface area contributed by atoms with Crippen LogP contribution in [-0.4, -0.2) is 17.8 Å². The van der Waals surface area contributed by atoms with Crippen LogP contribution in [0.2, 0.25) is 0 Å². The van der Waals surface area contributed by atoms with E-state index in [1.807, 2.05) is 0 Å². The van der Waals surface area contributed by atoms with Gasteiger partial charge in [0, 0.05) is 6.10 Å². The van der Waals surface area contributed by atoms with Crippen LogP contribution >= 0.6 is 0 Å². The number of nitrogens with zero attached hydrogens (tertiary/aromatic N) is 1. The summed E-state index contributed by atoms with van der Waals surface area (Å²) in [5, 5.41) is 15.6. The van der Waals surface area contributed by atoms with Gasteiger partial charge < -0.3 is 10.8 Å². The van der Waals surface area contributed by atoms with Gasteiger partial charge in [-0.05, 0) is 13.8 Å². The van der Waals surface area contributed by atoms with Crippen LogP contribution in [0.1, 0.15) is 13.8 Å². The van der Waals surface area contributed by atoms with Crippen molar-refractivity contribution in [1.29, 1.82) is 5.26 Å². The molecule has 0 unspecified atom stereocenters. The summed E-state index contributed by atoms with van der Waals surface area (Å²) < 4.78 is 0. The second kappa shape index (κ2) is 9.65. The van der Waals surface area contributed by atoms with Crippen LogP contribution < -0.4 is 5.73 Å². The van der Waals surface area contributed by atoms with Gasteiger partial charge in [-0.1, -0.05) is 0 Å². The molecule has 0 aliphatic carbocycles. The minimum absolute atomic E-state index is 0.125. The normalized spacial score (nSPS) is 7.00. The van der Waals surface area contributed by atoms with Gasteiger partial charge in [0.1, 0.15) is 0 Å². The first-order valence-electron chi connectivity index (χ1n) is 2.40. The van der Waals surface area contributed by atoms with Gasteiger partial charge in [0.2, 0.25) is 0 Å². The van der Waals surface area contributed by atoms with Gasteiger partial charge in [-0.25, -0.2) is 0 Å². The smallest absolute Gasteiger partial charge is 0.0815 e. The first kappa shape index (κ1) is 10.4. The fraction of sp³-hybridized carbons (Fsp3) is 0.800. The maximum absolute atomic E-state index is 8.06. The minimum atomic E-state index is -0.167. The molecule has 0 aliphatic rings. The van der Waals surface area contributed by atoms with Crippen LogP contribution in [0.5, 0.6) is 0 Å². The van der Waals surface area contributed by atoms with E-state index >= 15 is 0 Å². The molecule has 3 heteroatoms. The number of nitriles is 1. The summed E-state index contributed by atoms with van der Waals surface area (Å²) in [5.74, 6) is 0. The zero-order valence-corrected chi connectivity index (χ0v) is 5.26. The van der Waals surface area contributed by atoms with Gasteiger partial charge in [0.25, 0.3) is 0 Å². The zero-order chi connectivity index (χ0) is 6.99. The molecule has 8 heavy (non-hydrogen) atoms. The molecule has 0 amide bonds. The predicted molar refractivity (Wildman–Crippen MR) is 32.0 cm³/mol. The van der Waals surface area contributed by atoms with E-state index < -0.39 is 0 Å². The highest BCUT2D eigenvalue weighted by Gasteiger charge is 1.69. The lowest BCUT2D eigenvalue weighted by Gasteiger charge is -1.80. The monoisotopic (exact) mass is 116 g/mol. The van der Waals surface area contributed by atoms with Crippen molar-refractivity contribution in [2.24, 2.45) is 5.73 Å². The number of hydrogen-bond acceptors (Lipinski definition) is 3. The molecule has 0 saturated heterocycles. The number of aliphatic hydroxyl groups is 1. The Morgan fingerprint density at radius 3 is 1.88 bits per heavy atom. The summed E-state index contributed by atoms with van der Waals surface area (Å²) in [6.07, 6.45) is -0.167. The summed E-state index contributed by atoms with van der Waals surface area (Å²) in [5.41, 5.74) is 4.67. The van der Waals surface area contributed by atoms with E-state index in [2.05, 4.69) is 5.73 Å². The van der Waals surface area contributed by atoms with E-state index in [4.69, 9.17) is 10.4 Å². The van der Waals surface area contributed by atoms with Crippen LogP contribution in [0.25, 0.3) is 0 Å². The first-order valence-corrected chi connectivity index (χ1v) is 2.40. The van der Waals surface area contributed by atoms with Crippen LogP contribution in [0, 0.1) is 11.3 Å². The SMILES string of the molecule is CC(C)O.N#CCN. The van der Waals surface area contributed by atoms with Crippen molar-refractivity contribution in [3.05, 3.63) is 0 Å². The van der Waals surface area contributed by atoms with Gasteiger partial charge >= 0.3 is 0 Å². The third-order valence-electron chi connectivity index (χ3n) is 0.0913. The van der Waals surface area contributed by atoms with Crippen molar-refractivity contribution < 1.29 is 5.11 Å². The molecular weight excluding hydrogens is 104 g/mol. The van der Waals surface area contributed by atoms with E-state index in [-0.39, 0.29) is 12.6 Å². The standard InChI is InChI=1S/C3H8O.C2H4N2/c1-3(2)4;3-1-2-4/h3-4H,1-2H3;1,3H2. The fourth-order valence-corrected chi connectivity index (χ4v) is 0. The lowest BCUT2D eigenvalue weighted by Crippen LogP contribution is -1.91. The molecule has 0 heterocycles. The molecule has 0 saturated carbocycles. The third-order valence-corrected chi connectivity index (χ3v) is 0.0913. The van der Waals surface area contributed by atoms with E-state index in [0.29, 0.717) is 0 Å². The van der Waals surface area contributed by atoms with E-state index in [0.717, 1.165) is 0 Å². The van der Waals surface area contributed by atoms with Gasteiger partial charge in [-0.2, -0.15) is 5.26 Å². The Balaban J connectivity index is 0. The van der Waals surface area contributed by atoms with Gasteiger partial charge in [-0.15, -0.1) is 0 Å². The second-order valence-corrected chi connectivity index (χ2v) is 1.46. The van der Waals surface area contributed by atoms with E-state index in [1.165, 1.54) is 0 Å².